The number of carbonyl (C=O) groups is 1. The van der Waals surface area contributed by atoms with E-state index in [-0.39, 0.29) is 28.8 Å². The van der Waals surface area contributed by atoms with E-state index in [1.807, 2.05) is 10.6 Å². The van der Waals surface area contributed by atoms with Gasteiger partial charge in [-0.2, -0.15) is 0 Å². The lowest BCUT2D eigenvalue weighted by Crippen LogP contribution is -2.29. The molecule has 0 spiro atoms. The first-order valence-electron chi connectivity index (χ1n) is 12.3. The number of fused-ring (bicyclic) bond motifs is 1. The fourth-order valence-corrected chi connectivity index (χ4v) is 5.90. The molecule has 2 aromatic carbocycles. The number of hydrogen-bond acceptors (Lipinski definition) is 5. The highest BCUT2D eigenvalue weighted by atomic mass is 79.9. The van der Waals surface area contributed by atoms with Crippen LogP contribution in [-0.2, 0) is 11.3 Å². The van der Waals surface area contributed by atoms with Crippen molar-refractivity contribution in [2.45, 2.75) is 51.6 Å². The summed E-state index contributed by atoms with van der Waals surface area (Å²) >= 11 is 9.34. The molecule has 5 nitrogen and oxygen atoms in total. The molecule has 0 amide bonds. The topological polar surface area (TPSA) is 54.7 Å². The average Bonchev–Trinajstić information content (AvgIpc) is 3.65. The Labute approximate surface area is 222 Å². The molecule has 0 unspecified atom stereocenters. The number of aromatic hydroxyl groups is 1. The molecule has 2 aliphatic rings. The third-order valence-electron chi connectivity index (χ3n) is 6.94. The summed E-state index contributed by atoms with van der Waals surface area (Å²) in [5.74, 6) is -2.44. The number of esters is 1. The van der Waals surface area contributed by atoms with Crippen LogP contribution in [0.4, 0.5) is 8.78 Å². The molecule has 0 bridgehead atoms. The van der Waals surface area contributed by atoms with Gasteiger partial charge in [-0.25, -0.2) is 13.6 Å². The first kappa shape index (κ1) is 25.3. The van der Waals surface area contributed by atoms with Gasteiger partial charge in [-0.05, 0) is 85.4 Å². The van der Waals surface area contributed by atoms with Crippen molar-refractivity contribution < 1.29 is 23.4 Å². The third-order valence-corrected chi connectivity index (χ3v) is 7.97. The summed E-state index contributed by atoms with van der Waals surface area (Å²) in [6, 6.07) is 5.43. The second-order valence-corrected chi connectivity index (χ2v) is 10.7. The zero-order valence-electron chi connectivity index (χ0n) is 20.0. The molecule has 36 heavy (non-hydrogen) atoms. The Bertz CT molecular complexity index is 1360. The number of halogens is 3. The quantitative estimate of drug-likeness (QED) is 0.194. The molecule has 3 aromatic rings. The molecule has 190 valence electrons. The smallest absolute Gasteiger partial charge is 0.341 e. The van der Waals surface area contributed by atoms with Crippen LogP contribution < -0.4 is 0 Å². The van der Waals surface area contributed by atoms with Crippen LogP contribution in [0.3, 0.4) is 0 Å². The Hall–Kier alpha value is -2.36. The van der Waals surface area contributed by atoms with Gasteiger partial charge in [0.05, 0.1) is 32.7 Å². The lowest BCUT2D eigenvalue weighted by molar-refractivity contribution is 0.0528. The number of piperidine rings is 1. The highest BCUT2D eigenvalue weighted by Crippen LogP contribution is 2.47. The molecular weight excluding hydrogens is 550 g/mol. The van der Waals surface area contributed by atoms with Crippen LogP contribution in [0.25, 0.3) is 10.9 Å². The predicted octanol–water partition coefficient (Wildman–Crippen LogP) is 6.65. The minimum absolute atomic E-state index is 0.0804. The number of benzene rings is 2. The van der Waals surface area contributed by atoms with Crippen LogP contribution in [0.15, 0.2) is 28.7 Å². The molecule has 5 rings (SSSR count). The van der Waals surface area contributed by atoms with Crippen molar-refractivity contribution in [3.05, 3.63) is 62.8 Å². The van der Waals surface area contributed by atoms with E-state index < -0.39 is 17.6 Å². The number of hydrogen-bond donors (Lipinski definition) is 1. The average molecular weight is 577 g/mol. The van der Waals surface area contributed by atoms with Gasteiger partial charge in [0, 0.05) is 23.5 Å². The number of aromatic nitrogens is 1. The molecule has 1 aromatic heterocycles. The first-order chi connectivity index (χ1) is 17.3. The number of carbonyl (C=O) groups excluding carboxylic acids is 1. The van der Waals surface area contributed by atoms with E-state index in [9.17, 15) is 18.7 Å². The summed E-state index contributed by atoms with van der Waals surface area (Å²) in [4.78, 5) is 16.0. The summed E-state index contributed by atoms with van der Waals surface area (Å²) < 4.78 is 35.9. The number of phenolic OH excluding ortho intramolecular Hbond substituents is 1. The molecular formula is C27H27BrF2N2O3S. The van der Waals surface area contributed by atoms with Crippen molar-refractivity contribution in [2.75, 3.05) is 19.7 Å². The molecule has 0 radical (unpaired) electrons. The van der Waals surface area contributed by atoms with E-state index in [2.05, 4.69) is 20.8 Å². The predicted molar refractivity (Wildman–Crippen MR) is 142 cm³/mol. The van der Waals surface area contributed by atoms with Gasteiger partial charge < -0.3 is 14.4 Å². The van der Waals surface area contributed by atoms with Crippen LogP contribution in [0.5, 0.6) is 5.75 Å². The maximum atomic E-state index is 14.2. The second kappa shape index (κ2) is 10.2. The summed E-state index contributed by atoms with van der Waals surface area (Å²) in [6.07, 6.45) is 5.14. The molecule has 1 aliphatic carbocycles. The lowest BCUT2D eigenvalue weighted by Gasteiger charge is -2.27. The minimum atomic E-state index is -1.01. The van der Waals surface area contributed by atoms with Crippen molar-refractivity contribution >= 4 is 49.9 Å². The van der Waals surface area contributed by atoms with Crippen molar-refractivity contribution in [1.82, 2.24) is 9.47 Å². The number of thiocarbonyl (C=S) groups is 1. The van der Waals surface area contributed by atoms with Gasteiger partial charge >= 0.3 is 5.97 Å². The normalized spacial score (nSPS) is 16.4. The largest absolute Gasteiger partial charge is 0.506 e. The Morgan fingerprint density at radius 1 is 1.17 bits per heavy atom. The Kier molecular flexibility index (Phi) is 7.16. The highest BCUT2D eigenvalue weighted by Gasteiger charge is 2.36. The first-order valence-corrected chi connectivity index (χ1v) is 13.5. The maximum absolute atomic E-state index is 14.2. The molecule has 1 N–H and O–H groups in total. The van der Waals surface area contributed by atoms with Gasteiger partial charge in [0.1, 0.15) is 5.75 Å². The fourth-order valence-electron chi connectivity index (χ4n) is 5.11. The van der Waals surface area contributed by atoms with Crippen LogP contribution in [-0.4, -0.2) is 45.1 Å². The monoisotopic (exact) mass is 576 g/mol. The standard InChI is InChI=1S/C27H27BrF2N2O3S/c1-2-35-27(34)23-22-17(14-31-10-4-3-5-11-31)25(33)18(28)13-21(22)32(16-7-8-16)24(23)26(36)15-6-9-19(29)20(30)12-15/h6,9,12-13,16,33H,2-5,7-8,10-11,14H2,1H3. The van der Waals surface area contributed by atoms with E-state index in [0.29, 0.717) is 33.2 Å². The molecule has 9 heteroatoms. The van der Waals surface area contributed by atoms with Gasteiger partial charge in [0.25, 0.3) is 0 Å². The van der Waals surface area contributed by atoms with E-state index in [1.165, 1.54) is 12.5 Å². The Morgan fingerprint density at radius 2 is 1.89 bits per heavy atom. The zero-order chi connectivity index (χ0) is 25.6. The Morgan fingerprint density at radius 3 is 2.53 bits per heavy atom. The number of nitrogens with zero attached hydrogens (tertiary/aromatic N) is 2. The fraction of sp³-hybridized carbons (Fsp3) is 0.407. The Balaban J connectivity index is 1.80. The van der Waals surface area contributed by atoms with Crippen molar-refractivity contribution in [2.24, 2.45) is 0 Å². The van der Waals surface area contributed by atoms with Crippen LogP contribution in [0, 0.1) is 11.6 Å². The SMILES string of the molecule is CCOC(=O)c1c(C(=S)c2ccc(F)c(F)c2)n(C2CC2)c2cc(Br)c(O)c(CN3CCCCC3)c12. The van der Waals surface area contributed by atoms with Gasteiger partial charge in [0.15, 0.2) is 11.6 Å². The third kappa shape index (κ3) is 4.57. The molecule has 1 aliphatic heterocycles. The van der Waals surface area contributed by atoms with Crippen LogP contribution in [0.1, 0.15) is 72.2 Å². The van der Waals surface area contributed by atoms with E-state index in [4.69, 9.17) is 17.0 Å². The summed E-state index contributed by atoms with van der Waals surface area (Å²) in [7, 11) is 0. The van der Waals surface area contributed by atoms with Crippen molar-refractivity contribution in [1.29, 1.82) is 0 Å². The van der Waals surface area contributed by atoms with E-state index in [0.717, 1.165) is 56.4 Å². The number of rotatable bonds is 7. The van der Waals surface area contributed by atoms with E-state index >= 15 is 0 Å². The lowest BCUT2D eigenvalue weighted by atomic mass is 9.99. The number of phenols is 1. The molecule has 0 atom stereocenters. The summed E-state index contributed by atoms with van der Waals surface area (Å²) in [5.41, 5.74) is 2.42. The van der Waals surface area contributed by atoms with Crippen molar-refractivity contribution in [3.8, 4) is 5.75 Å². The summed E-state index contributed by atoms with van der Waals surface area (Å²) in [5, 5.41) is 11.8. The summed E-state index contributed by atoms with van der Waals surface area (Å²) in [6.45, 7) is 4.18. The molecule has 2 fully saturated rings. The minimum Gasteiger partial charge on any atom is -0.506 e. The van der Waals surface area contributed by atoms with Crippen LogP contribution in [0.2, 0.25) is 0 Å². The maximum Gasteiger partial charge on any atom is 0.341 e. The number of ether oxygens (including phenoxy) is 1. The van der Waals surface area contributed by atoms with Crippen LogP contribution >= 0.6 is 28.1 Å². The van der Waals surface area contributed by atoms with Gasteiger partial charge in [0.2, 0.25) is 0 Å². The second-order valence-electron chi connectivity index (χ2n) is 9.42. The number of likely N-dealkylation sites (tertiary alicyclic amines) is 1. The van der Waals surface area contributed by atoms with Gasteiger partial charge in [-0.1, -0.05) is 24.7 Å². The highest BCUT2D eigenvalue weighted by molar-refractivity contribution is 9.10. The van der Waals surface area contributed by atoms with Gasteiger partial charge in [-0.3, -0.25) is 4.90 Å². The molecule has 2 heterocycles. The molecule has 1 saturated heterocycles. The van der Waals surface area contributed by atoms with E-state index in [1.54, 1.807) is 6.92 Å². The van der Waals surface area contributed by atoms with Crippen molar-refractivity contribution in [3.63, 3.8) is 0 Å². The van der Waals surface area contributed by atoms with Gasteiger partial charge in [-0.15, -0.1) is 0 Å². The zero-order valence-corrected chi connectivity index (χ0v) is 22.4. The molecule has 1 saturated carbocycles.